The van der Waals surface area contributed by atoms with Gasteiger partial charge in [-0.3, -0.25) is 4.79 Å². The van der Waals surface area contributed by atoms with Crippen LogP contribution in [0.5, 0.6) is 5.75 Å². The minimum absolute atomic E-state index is 0.0219. The molecule has 1 amide bonds. The lowest BCUT2D eigenvalue weighted by atomic mass is 10.0. The molecule has 2 N–H and O–H groups in total. The number of pyridine rings is 1. The number of amides is 1. The highest BCUT2D eigenvalue weighted by Gasteiger charge is 2.24. The second kappa shape index (κ2) is 11.2. The lowest BCUT2D eigenvalue weighted by molar-refractivity contribution is -0.133. The van der Waals surface area contributed by atoms with Gasteiger partial charge >= 0.3 is 0 Å². The van der Waals surface area contributed by atoms with Crippen LogP contribution in [0.1, 0.15) is 19.4 Å². The van der Waals surface area contributed by atoms with Crippen LogP contribution in [0.3, 0.4) is 0 Å². The molecule has 2 aromatic heterocycles. The van der Waals surface area contributed by atoms with Gasteiger partial charge in [-0.25, -0.2) is 9.97 Å². The van der Waals surface area contributed by atoms with Gasteiger partial charge in [-0.05, 0) is 54.3 Å². The van der Waals surface area contributed by atoms with Crippen molar-refractivity contribution in [2.45, 2.75) is 20.3 Å². The Morgan fingerprint density at radius 3 is 2.34 bits per heavy atom. The normalized spacial score (nSPS) is 13.8. The zero-order chi connectivity index (χ0) is 26.6. The molecule has 0 spiro atoms. The fourth-order valence-corrected chi connectivity index (χ4v) is 4.74. The van der Waals surface area contributed by atoms with Crippen LogP contribution in [-0.2, 0) is 11.2 Å². The Hall–Kier alpha value is -3.91. The Bertz CT molecular complexity index is 1420. The molecule has 0 unspecified atom stereocenters. The summed E-state index contributed by atoms with van der Waals surface area (Å²) in [5.74, 6) is 2.05. The standard InChI is InChI=1S/C29H31ClN6O2/c1-19(2)17-20-3-5-21(6-4-20)24-11-12-25-27(32-24)28(34-29(31)33-25)36-15-13-35(14-16-36)26(37)18-38-23-9-7-22(30)8-10-23/h3-12,19H,13-18H2,1-2H3,(H2,31,33,34). The van der Waals surface area contributed by atoms with E-state index in [0.717, 1.165) is 17.7 Å². The van der Waals surface area contributed by atoms with Crippen molar-refractivity contribution in [1.82, 2.24) is 19.9 Å². The van der Waals surface area contributed by atoms with Gasteiger partial charge < -0.3 is 20.3 Å². The molecule has 2 aromatic carbocycles. The molecule has 38 heavy (non-hydrogen) atoms. The number of hydrogen-bond donors (Lipinski definition) is 1. The Labute approximate surface area is 227 Å². The Morgan fingerprint density at radius 2 is 1.66 bits per heavy atom. The van der Waals surface area contributed by atoms with Crippen molar-refractivity contribution >= 4 is 40.3 Å². The number of piperazine rings is 1. The fraction of sp³-hybridized carbons (Fsp3) is 0.310. The topological polar surface area (TPSA) is 97.5 Å². The van der Waals surface area contributed by atoms with Crippen LogP contribution in [-0.4, -0.2) is 58.5 Å². The first-order valence-electron chi connectivity index (χ1n) is 12.8. The number of fused-ring (bicyclic) bond motifs is 1. The summed E-state index contributed by atoms with van der Waals surface area (Å²) >= 11 is 5.91. The van der Waals surface area contributed by atoms with Crippen molar-refractivity contribution in [2.24, 2.45) is 5.92 Å². The first-order chi connectivity index (χ1) is 18.4. The minimum Gasteiger partial charge on any atom is -0.484 e. The van der Waals surface area contributed by atoms with Crippen LogP contribution >= 0.6 is 11.6 Å². The van der Waals surface area contributed by atoms with E-state index in [-0.39, 0.29) is 18.5 Å². The Balaban J connectivity index is 1.29. The van der Waals surface area contributed by atoms with E-state index in [1.807, 2.05) is 12.1 Å². The van der Waals surface area contributed by atoms with Gasteiger partial charge in [0.2, 0.25) is 5.95 Å². The third-order valence-corrected chi connectivity index (χ3v) is 6.79. The summed E-state index contributed by atoms with van der Waals surface area (Å²) in [5.41, 5.74) is 10.7. The van der Waals surface area contributed by atoms with Gasteiger partial charge in [0.25, 0.3) is 5.91 Å². The highest BCUT2D eigenvalue weighted by atomic mass is 35.5. The molecule has 1 saturated heterocycles. The predicted octanol–water partition coefficient (Wildman–Crippen LogP) is 4.85. The molecule has 1 fully saturated rings. The number of rotatable bonds is 7. The summed E-state index contributed by atoms with van der Waals surface area (Å²) in [6.45, 7) is 6.72. The van der Waals surface area contributed by atoms with Crippen LogP contribution < -0.4 is 15.4 Å². The van der Waals surface area contributed by atoms with Crippen LogP contribution in [0.2, 0.25) is 5.02 Å². The number of ether oxygens (including phenoxy) is 1. The van der Waals surface area contributed by atoms with Gasteiger partial charge in [0, 0.05) is 36.8 Å². The summed E-state index contributed by atoms with van der Waals surface area (Å²) in [7, 11) is 0. The zero-order valence-corrected chi connectivity index (χ0v) is 22.4. The lowest BCUT2D eigenvalue weighted by Crippen LogP contribution is -2.50. The molecule has 1 aliphatic heterocycles. The number of carbonyl (C=O) groups excluding carboxylic acids is 1. The average Bonchev–Trinajstić information content (AvgIpc) is 2.92. The molecule has 4 aromatic rings. The first-order valence-corrected chi connectivity index (χ1v) is 13.2. The molecule has 9 heteroatoms. The SMILES string of the molecule is CC(C)Cc1ccc(-c2ccc3nc(N)nc(N4CCN(C(=O)COc5ccc(Cl)cc5)CC4)c3n2)cc1. The molecule has 0 radical (unpaired) electrons. The van der Waals surface area contributed by atoms with E-state index in [2.05, 4.69) is 53.0 Å². The summed E-state index contributed by atoms with van der Waals surface area (Å²) in [6, 6.07) is 19.4. The molecule has 0 atom stereocenters. The summed E-state index contributed by atoms with van der Waals surface area (Å²) < 4.78 is 5.63. The van der Waals surface area contributed by atoms with Crippen molar-refractivity contribution in [3.05, 3.63) is 71.2 Å². The van der Waals surface area contributed by atoms with Crippen molar-refractivity contribution < 1.29 is 9.53 Å². The number of nitrogen functional groups attached to an aromatic ring is 1. The molecule has 196 valence electrons. The maximum Gasteiger partial charge on any atom is 0.260 e. The van der Waals surface area contributed by atoms with Crippen LogP contribution in [0.4, 0.5) is 11.8 Å². The number of benzene rings is 2. The van der Waals surface area contributed by atoms with E-state index in [1.165, 1.54) is 5.56 Å². The van der Waals surface area contributed by atoms with Crippen molar-refractivity contribution in [1.29, 1.82) is 0 Å². The molecule has 0 saturated carbocycles. The Morgan fingerprint density at radius 1 is 0.947 bits per heavy atom. The molecule has 0 aliphatic carbocycles. The largest absolute Gasteiger partial charge is 0.484 e. The summed E-state index contributed by atoms with van der Waals surface area (Å²) in [4.78, 5) is 30.5. The first kappa shape index (κ1) is 25.7. The van der Waals surface area contributed by atoms with Crippen LogP contribution in [0.15, 0.2) is 60.7 Å². The van der Waals surface area contributed by atoms with E-state index >= 15 is 0 Å². The van der Waals surface area contributed by atoms with E-state index in [0.29, 0.717) is 59.7 Å². The molecule has 8 nitrogen and oxygen atoms in total. The predicted molar refractivity (Wildman–Crippen MR) is 151 cm³/mol. The van der Waals surface area contributed by atoms with Crippen molar-refractivity contribution in [3.8, 4) is 17.0 Å². The monoisotopic (exact) mass is 530 g/mol. The van der Waals surface area contributed by atoms with E-state index < -0.39 is 0 Å². The minimum atomic E-state index is -0.0621. The Kier molecular flexibility index (Phi) is 7.60. The number of hydrogen-bond acceptors (Lipinski definition) is 7. The van der Waals surface area contributed by atoms with E-state index in [1.54, 1.807) is 29.2 Å². The van der Waals surface area contributed by atoms with Gasteiger partial charge in [-0.1, -0.05) is 49.7 Å². The second-order valence-electron chi connectivity index (χ2n) is 9.87. The summed E-state index contributed by atoms with van der Waals surface area (Å²) in [5, 5.41) is 0.624. The van der Waals surface area contributed by atoms with Crippen LogP contribution in [0.25, 0.3) is 22.3 Å². The zero-order valence-electron chi connectivity index (χ0n) is 21.6. The number of nitrogens with two attached hydrogens (primary N) is 1. The van der Waals surface area contributed by atoms with Gasteiger partial charge in [-0.2, -0.15) is 4.98 Å². The van der Waals surface area contributed by atoms with Gasteiger partial charge in [-0.15, -0.1) is 0 Å². The molecular weight excluding hydrogens is 500 g/mol. The quantitative estimate of drug-likeness (QED) is 0.364. The smallest absolute Gasteiger partial charge is 0.260 e. The van der Waals surface area contributed by atoms with E-state index in [4.69, 9.17) is 27.1 Å². The fourth-order valence-electron chi connectivity index (χ4n) is 4.62. The maximum atomic E-state index is 12.7. The highest BCUT2D eigenvalue weighted by Crippen LogP contribution is 2.28. The number of halogens is 1. The van der Waals surface area contributed by atoms with Crippen molar-refractivity contribution in [3.63, 3.8) is 0 Å². The number of aromatic nitrogens is 3. The lowest BCUT2D eigenvalue weighted by Gasteiger charge is -2.35. The molecule has 5 rings (SSSR count). The van der Waals surface area contributed by atoms with Crippen molar-refractivity contribution in [2.75, 3.05) is 43.4 Å². The third kappa shape index (κ3) is 5.97. The number of nitrogens with zero attached hydrogens (tertiary/aromatic N) is 5. The molecule has 1 aliphatic rings. The second-order valence-corrected chi connectivity index (χ2v) is 10.3. The van der Waals surface area contributed by atoms with E-state index in [9.17, 15) is 4.79 Å². The summed E-state index contributed by atoms with van der Waals surface area (Å²) in [6.07, 6.45) is 1.05. The highest BCUT2D eigenvalue weighted by molar-refractivity contribution is 6.30. The third-order valence-electron chi connectivity index (χ3n) is 6.54. The number of carbonyl (C=O) groups is 1. The van der Waals surface area contributed by atoms with Crippen LogP contribution in [0, 0.1) is 5.92 Å². The maximum absolute atomic E-state index is 12.7. The van der Waals surface area contributed by atoms with Gasteiger partial charge in [0.15, 0.2) is 12.4 Å². The molecular formula is C29H31ClN6O2. The van der Waals surface area contributed by atoms with Gasteiger partial charge in [0.05, 0.1) is 11.2 Å². The molecule has 0 bridgehead atoms. The average molecular weight is 531 g/mol. The van der Waals surface area contributed by atoms with Gasteiger partial charge in [0.1, 0.15) is 11.3 Å². The number of anilines is 2. The molecule has 3 heterocycles.